The molecule has 0 aliphatic heterocycles. The molecule has 2 aromatic carbocycles. The molecule has 138 valence electrons. The van der Waals surface area contributed by atoms with Gasteiger partial charge in [0.2, 0.25) is 11.8 Å². The highest BCUT2D eigenvalue weighted by atomic mass is 35.5. The fourth-order valence-corrected chi connectivity index (χ4v) is 2.76. The molecule has 8 heteroatoms. The van der Waals surface area contributed by atoms with Gasteiger partial charge in [-0.25, -0.2) is 8.78 Å². The fraction of sp³-hybridized carbons (Fsp3) is 0.222. The third kappa shape index (κ3) is 5.41. The number of carbonyl (C=O) groups excluding carboxylic acids is 2. The predicted molar refractivity (Wildman–Crippen MR) is 97.4 cm³/mol. The van der Waals surface area contributed by atoms with Gasteiger partial charge in [0.1, 0.15) is 11.6 Å². The van der Waals surface area contributed by atoms with Gasteiger partial charge in [0.05, 0.1) is 22.3 Å². The van der Waals surface area contributed by atoms with Crippen LogP contribution in [0.3, 0.4) is 0 Å². The summed E-state index contributed by atoms with van der Waals surface area (Å²) in [4.78, 5) is 25.4. The minimum atomic E-state index is -0.576. The van der Waals surface area contributed by atoms with Crippen molar-refractivity contribution in [3.63, 3.8) is 0 Å². The quantitative estimate of drug-likeness (QED) is 0.785. The normalized spacial score (nSPS) is 10.5. The van der Waals surface area contributed by atoms with E-state index in [1.54, 1.807) is 18.2 Å². The van der Waals surface area contributed by atoms with Crippen molar-refractivity contribution in [1.82, 2.24) is 4.90 Å². The molecule has 0 aliphatic rings. The van der Waals surface area contributed by atoms with E-state index in [2.05, 4.69) is 5.32 Å². The zero-order valence-electron chi connectivity index (χ0n) is 13.9. The van der Waals surface area contributed by atoms with Gasteiger partial charge in [-0.3, -0.25) is 9.59 Å². The first-order valence-electron chi connectivity index (χ1n) is 7.69. The summed E-state index contributed by atoms with van der Waals surface area (Å²) in [6.45, 7) is -0.230. The maximum Gasteiger partial charge on any atom is 0.244 e. The van der Waals surface area contributed by atoms with Crippen LogP contribution in [-0.2, 0) is 16.0 Å². The number of amides is 2. The lowest BCUT2D eigenvalue weighted by atomic mass is 10.1. The summed E-state index contributed by atoms with van der Waals surface area (Å²) < 4.78 is 26.7. The Morgan fingerprint density at radius 2 is 1.77 bits per heavy atom. The largest absolute Gasteiger partial charge is 0.336 e. The van der Waals surface area contributed by atoms with Crippen molar-refractivity contribution in [2.75, 3.05) is 18.9 Å². The van der Waals surface area contributed by atoms with Crippen LogP contribution in [0.15, 0.2) is 36.4 Å². The lowest BCUT2D eigenvalue weighted by Crippen LogP contribution is -2.35. The number of nitrogens with zero attached hydrogens (tertiary/aromatic N) is 1. The Balaban J connectivity index is 1.90. The van der Waals surface area contributed by atoms with E-state index in [1.807, 2.05) is 0 Å². The number of rotatable bonds is 6. The van der Waals surface area contributed by atoms with Crippen molar-refractivity contribution in [3.8, 4) is 0 Å². The van der Waals surface area contributed by atoms with E-state index in [4.69, 9.17) is 23.2 Å². The number of hydrogen-bond acceptors (Lipinski definition) is 2. The van der Waals surface area contributed by atoms with Crippen LogP contribution < -0.4 is 5.32 Å². The van der Waals surface area contributed by atoms with E-state index in [0.717, 1.165) is 18.2 Å². The topological polar surface area (TPSA) is 49.4 Å². The minimum absolute atomic E-state index is 0.0325. The molecule has 0 spiro atoms. The molecular formula is C18H16Cl2F2N2O2. The standard InChI is InChI=1S/C18H16Cl2F2N2O2/c1-24(10-16(25)23-18-13(19)3-2-4-14(18)20)17(26)8-5-11-9-12(21)6-7-15(11)22/h2-4,6-7,9H,5,8,10H2,1H3,(H,23,25). The maximum atomic E-state index is 13.6. The second-order valence-electron chi connectivity index (χ2n) is 5.63. The van der Waals surface area contributed by atoms with Crippen molar-refractivity contribution >= 4 is 40.7 Å². The molecule has 2 amide bonds. The van der Waals surface area contributed by atoms with Gasteiger partial charge in [-0.1, -0.05) is 29.3 Å². The van der Waals surface area contributed by atoms with E-state index >= 15 is 0 Å². The van der Waals surface area contributed by atoms with Gasteiger partial charge in [0, 0.05) is 13.5 Å². The molecule has 0 atom stereocenters. The molecule has 0 aliphatic carbocycles. The zero-order valence-corrected chi connectivity index (χ0v) is 15.4. The summed E-state index contributed by atoms with van der Waals surface area (Å²) in [7, 11) is 1.44. The Bertz CT molecular complexity index is 811. The molecule has 1 N–H and O–H groups in total. The van der Waals surface area contributed by atoms with Crippen molar-refractivity contribution in [3.05, 3.63) is 63.6 Å². The summed E-state index contributed by atoms with van der Waals surface area (Å²) in [6, 6.07) is 7.86. The molecule has 4 nitrogen and oxygen atoms in total. The lowest BCUT2D eigenvalue weighted by molar-refractivity contribution is -0.133. The number of carbonyl (C=O) groups is 2. The van der Waals surface area contributed by atoms with Crippen LogP contribution in [0.2, 0.25) is 10.0 Å². The van der Waals surface area contributed by atoms with Crippen LogP contribution in [0.5, 0.6) is 0 Å². The zero-order chi connectivity index (χ0) is 19.3. The maximum absolute atomic E-state index is 13.6. The second kappa shape index (κ2) is 8.96. The van der Waals surface area contributed by atoms with Gasteiger partial charge in [0.25, 0.3) is 0 Å². The van der Waals surface area contributed by atoms with Gasteiger partial charge in [0.15, 0.2) is 0 Å². The third-order valence-corrected chi connectivity index (χ3v) is 4.28. The summed E-state index contributed by atoms with van der Waals surface area (Å²) in [5.74, 6) is -2.01. The average Bonchev–Trinajstić information content (AvgIpc) is 2.58. The summed E-state index contributed by atoms with van der Waals surface area (Å²) in [6.07, 6.45) is -0.0261. The first-order valence-corrected chi connectivity index (χ1v) is 8.45. The smallest absolute Gasteiger partial charge is 0.244 e. The third-order valence-electron chi connectivity index (χ3n) is 3.65. The van der Waals surface area contributed by atoms with Gasteiger partial charge >= 0.3 is 0 Å². The molecule has 0 saturated carbocycles. The van der Waals surface area contributed by atoms with E-state index in [-0.39, 0.29) is 46.6 Å². The number of anilines is 1. The van der Waals surface area contributed by atoms with E-state index in [9.17, 15) is 18.4 Å². The molecule has 26 heavy (non-hydrogen) atoms. The van der Waals surface area contributed by atoms with Crippen LogP contribution in [0.4, 0.5) is 14.5 Å². The summed E-state index contributed by atoms with van der Waals surface area (Å²) >= 11 is 11.9. The fourth-order valence-electron chi connectivity index (χ4n) is 2.27. The molecule has 0 unspecified atom stereocenters. The van der Waals surface area contributed by atoms with Crippen LogP contribution in [0, 0.1) is 11.6 Å². The van der Waals surface area contributed by atoms with Crippen molar-refractivity contribution < 1.29 is 18.4 Å². The number of halogens is 4. The average molecular weight is 401 g/mol. The number of hydrogen-bond donors (Lipinski definition) is 1. The summed E-state index contributed by atoms with van der Waals surface area (Å²) in [5, 5.41) is 3.11. The molecule has 0 heterocycles. The molecule has 0 fully saturated rings. The van der Waals surface area contributed by atoms with Crippen LogP contribution in [-0.4, -0.2) is 30.3 Å². The summed E-state index contributed by atoms with van der Waals surface area (Å²) in [5.41, 5.74) is 0.377. The molecule has 2 rings (SSSR count). The van der Waals surface area contributed by atoms with Crippen molar-refractivity contribution in [2.45, 2.75) is 12.8 Å². The molecule has 0 saturated heterocycles. The highest BCUT2D eigenvalue weighted by Crippen LogP contribution is 2.29. The monoisotopic (exact) mass is 400 g/mol. The van der Waals surface area contributed by atoms with Crippen LogP contribution in [0.25, 0.3) is 0 Å². The highest BCUT2D eigenvalue weighted by Gasteiger charge is 2.16. The molecule has 2 aromatic rings. The Kier molecular flexibility index (Phi) is 6.94. The number of nitrogens with one attached hydrogen (secondary N) is 1. The lowest BCUT2D eigenvalue weighted by Gasteiger charge is -2.17. The highest BCUT2D eigenvalue weighted by molar-refractivity contribution is 6.39. The minimum Gasteiger partial charge on any atom is -0.336 e. The van der Waals surface area contributed by atoms with Crippen LogP contribution >= 0.6 is 23.2 Å². The molecule has 0 bridgehead atoms. The number of para-hydroxylation sites is 1. The van der Waals surface area contributed by atoms with Gasteiger partial charge in [-0.05, 0) is 42.3 Å². The van der Waals surface area contributed by atoms with Gasteiger partial charge < -0.3 is 10.2 Å². The first-order chi connectivity index (χ1) is 12.3. The van der Waals surface area contributed by atoms with Crippen molar-refractivity contribution in [2.24, 2.45) is 0 Å². The Morgan fingerprint density at radius 3 is 2.42 bits per heavy atom. The van der Waals surface area contributed by atoms with Gasteiger partial charge in [-0.2, -0.15) is 0 Å². The number of benzene rings is 2. The Morgan fingerprint density at radius 1 is 1.12 bits per heavy atom. The first kappa shape index (κ1) is 20.1. The number of likely N-dealkylation sites (N-methyl/N-ethyl adjacent to an activating group) is 1. The van der Waals surface area contributed by atoms with Gasteiger partial charge in [-0.15, -0.1) is 0 Å². The molecule has 0 aromatic heterocycles. The molecule has 0 radical (unpaired) electrons. The Labute approximate surface area is 159 Å². The second-order valence-corrected chi connectivity index (χ2v) is 6.44. The van der Waals surface area contributed by atoms with E-state index < -0.39 is 17.5 Å². The van der Waals surface area contributed by atoms with E-state index in [1.165, 1.54) is 11.9 Å². The molecular weight excluding hydrogens is 385 g/mol. The number of aryl methyl sites for hydroxylation is 1. The predicted octanol–water partition coefficient (Wildman–Crippen LogP) is 4.30. The van der Waals surface area contributed by atoms with Crippen LogP contribution in [0.1, 0.15) is 12.0 Å². The SMILES string of the molecule is CN(CC(=O)Nc1c(Cl)cccc1Cl)C(=O)CCc1cc(F)ccc1F. The Hall–Kier alpha value is -2.18. The van der Waals surface area contributed by atoms with E-state index in [0.29, 0.717) is 0 Å². The van der Waals surface area contributed by atoms with Crippen molar-refractivity contribution in [1.29, 1.82) is 0 Å².